The van der Waals surface area contributed by atoms with E-state index in [9.17, 15) is 9.59 Å². The van der Waals surface area contributed by atoms with Crippen LogP contribution in [0.15, 0.2) is 72.8 Å². The molecule has 0 saturated carbocycles. The zero-order chi connectivity index (χ0) is 20.1. The van der Waals surface area contributed by atoms with Crippen molar-refractivity contribution >= 4 is 40.3 Å². The molecule has 1 amide bonds. The van der Waals surface area contributed by atoms with Crippen LogP contribution in [-0.2, 0) is 20.7 Å². The molecule has 0 radical (unpaired) electrons. The molecule has 4 aromatic rings. The maximum absolute atomic E-state index is 12.1. The standard InChI is InChI=1S/C22H17N3O3S/c26-20(23-18-7-4-8-19-22(18)25-29-24-19)14-28-21(27)13-15-9-11-17(12-10-15)16-5-2-1-3-6-16/h1-12H,13-14H2,(H,23,26). The van der Waals surface area contributed by atoms with Gasteiger partial charge in [0.25, 0.3) is 5.91 Å². The molecule has 4 rings (SSSR count). The molecule has 7 heteroatoms. The van der Waals surface area contributed by atoms with E-state index in [-0.39, 0.29) is 13.0 Å². The third kappa shape index (κ3) is 4.64. The Hall–Kier alpha value is -3.58. The first-order valence-electron chi connectivity index (χ1n) is 9.00. The number of fused-ring (bicyclic) bond motifs is 1. The summed E-state index contributed by atoms with van der Waals surface area (Å²) in [6.07, 6.45) is 0.105. The Labute approximate surface area is 171 Å². The van der Waals surface area contributed by atoms with E-state index in [0.29, 0.717) is 16.7 Å². The number of aromatic nitrogens is 2. The monoisotopic (exact) mass is 403 g/mol. The van der Waals surface area contributed by atoms with Gasteiger partial charge in [0, 0.05) is 0 Å². The molecule has 0 atom stereocenters. The number of nitrogens with zero attached hydrogens (tertiary/aromatic N) is 2. The Morgan fingerprint density at radius 2 is 1.62 bits per heavy atom. The van der Waals surface area contributed by atoms with Gasteiger partial charge in [-0.3, -0.25) is 9.59 Å². The van der Waals surface area contributed by atoms with Crippen molar-refractivity contribution in [2.45, 2.75) is 6.42 Å². The summed E-state index contributed by atoms with van der Waals surface area (Å²) in [6.45, 7) is -0.352. The van der Waals surface area contributed by atoms with E-state index in [2.05, 4.69) is 14.1 Å². The molecule has 144 valence electrons. The number of carbonyl (C=O) groups is 2. The first-order chi connectivity index (χ1) is 14.2. The third-order valence-corrected chi connectivity index (χ3v) is 4.88. The van der Waals surface area contributed by atoms with Crippen LogP contribution in [0.25, 0.3) is 22.2 Å². The second-order valence-corrected chi connectivity index (χ2v) is 6.91. The van der Waals surface area contributed by atoms with Crippen molar-refractivity contribution in [1.82, 2.24) is 8.75 Å². The molecule has 1 N–H and O–H groups in total. The SMILES string of the molecule is O=C(COC(=O)Cc1ccc(-c2ccccc2)cc1)Nc1cccc2nsnc12. The largest absolute Gasteiger partial charge is 0.455 e. The molecule has 29 heavy (non-hydrogen) atoms. The number of amides is 1. The highest BCUT2D eigenvalue weighted by atomic mass is 32.1. The molecular weight excluding hydrogens is 386 g/mol. The second kappa shape index (κ2) is 8.62. The molecule has 0 aliphatic heterocycles. The predicted molar refractivity (Wildman–Crippen MR) is 113 cm³/mol. The van der Waals surface area contributed by atoms with Gasteiger partial charge in [-0.25, -0.2) is 0 Å². The lowest BCUT2D eigenvalue weighted by Crippen LogP contribution is -2.21. The smallest absolute Gasteiger partial charge is 0.310 e. The maximum Gasteiger partial charge on any atom is 0.310 e. The third-order valence-electron chi connectivity index (χ3n) is 4.33. The quantitative estimate of drug-likeness (QED) is 0.491. The Kier molecular flexibility index (Phi) is 5.58. The number of hydrogen-bond acceptors (Lipinski definition) is 6. The highest BCUT2D eigenvalue weighted by Crippen LogP contribution is 2.21. The van der Waals surface area contributed by atoms with Crippen molar-refractivity contribution in [3.8, 4) is 11.1 Å². The van der Waals surface area contributed by atoms with E-state index >= 15 is 0 Å². The molecular formula is C22H17N3O3S. The summed E-state index contributed by atoms with van der Waals surface area (Å²) in [5.41, 5.74) is 4.90. The van der Waals surface area contributed by atoms with Crippen molar-refractivity contribution in [2.24, 2.45) is 0 Å². The normalized spacial score (nSPS) is 10.6. The number of benzene rings is 3. The minimum Gasteiger partial charge on any atom is -0.455 e. The summed E-state index contributed by atoms with van der Waals surface area (Å²) < 4.78 is 13.4. The van der Waals surface area contributed by atoms with Crippen molar-refractivity contribution in [3.05, 3.63) is 78.4 Å². The van der Waals surface area contributed by atoms with Crippen molar-refractivity contribution in [1.29, 1.82) is 0 Å². The van der Waals surface area contributed by atoms with E-state index in [1.807, 2.05) is 60.7 Å². The molecule has 1 heterocycles. The van der Waals surface area contributed by atoms with Gasteiger partial charge in [0.15, 0.2) is 6.61 Å². The van der Waals surface area contributed by atoms with E-state index in [1.165, 1.54) is 0 Å². The highest BCUT2D eigenvalue weighted by molar-refractivity contribution is 7.00. The number of esters is 1. The number of carbonyl (C=O) groups excluding carboxylic acids is 2. The van der Waals surface area contributed by atoms with Crippen LogP contribution in [0.5, 0.6) is 0 Å². The molecule has 0 bridgehead atoms. The number of anilines is 1. The molecule has 3 aromatic carbocycles. The van der Waals surface area contributed by atoms with Crippen LogP contribution in [0.3, 0.4) is 0 Å². The fourth-order valence-electron chi connectivity index (χ4n) is 2.90. The van der Waals surface area contributed by atoms with Gasteiger partial charge in [-0.05, 0) is 28.8 Å². The van der Waals surface area contributed by atoms with E-state index < -0.39 is 11.9 Å². The average molecular weight is 403 g/mol. The van der Waals surface area contributed by atoms with Gasteiger partial charge in [-0.15, -0.1) is 0 Å². The van der Waals surface area contributed by atoms with Gasteiger partial charge in [0.1, 0.15) is 11.0 Å². The molecule has 0 unspecified atom stereocenters. The molecule has 0 fully saturated rings. The van der Waals surface area contributed by atoms with E-state index in [1.54, 1.807) is 12.1 Å². The molecule has 6 nitrogen and oxygen atoms in total. The van der Waals surface area contributed by atoms with E-state index in [4.69, 9.17) is 4.74 Å². The minimum absolute atomic E-state index is 0.105. The topological polar surface area (TPSA) is 81.2 Å². The summed E-state index contributed by atoms with van der Waals surface area (Å²) in [4.78, 5) is 24.2. The summed E-state index contributed by atoms with van der Waals surface area (Å²) in [7, 11) is 0. The summed E-state index contributed by atoms with van der Waals surface area (Å²) >= 11 is 1.08. The number of rotatable bonds is 6. The average Bonchev–Trinajstić information content (AvgIpc) is 3.23. The van der Waals surface area contributed by atoms with Gasteiger partial charge in [-0.2, -0.15) is 8.75 Å². The Morgan fingerprint density at radius 3 is 2.41 bits per heavy atom. The molecule has 0 saturated heterocycles. The van der Waals surface area contributed by atoms with Crippen LogP contribution in [0, 0.1) is 0 Å². The van der Waals surface area contributed by atoms with Gasteiger partial charge in [-0.1, -0.05) is 60.7 Å². The zero-order valence-electron chi connectivity index (χ0n) is 15.4. The highest BCUT2D eigenvalue weighted by Gasteiger charge is 2.12. The van der Waals surface area contributed by atoms with Crippen LogP contribution in [0.1, 0.15) is 5.56 Å². The fourth-order valence-corrected chi connectivity index (χ4v) is 3.45. The number of nitrogens with one attached hydrogen (secondary N) is 1. The summed E-state index contributed by atoms with van der Waals surface area (Å²) in [5.74, 6) is -0.876. The van der Waals surface area contributed by atoms with Gasteiger partial charge in [0.2, 0.25) is 0 Å². The molecule has 0 spiro atoms. The van der Waals surface area contributed by atoms with Crippen molar-refractivity contribution in [2.75, 3.05) is 11.9 Å². The molecule has 0 aliphatic carbocycles. The number of hydrogen-bond donors (Lipinski definition) is 1. The molecule has 0 aliphatic rings. The number of ether oxygens (including phenoxy) is 1. The Balaban J connectivity index is 1.29. The van der Waals surface area contributed by atoms with Gasteiger partial charge < -0.3 is 10.1 Å². The van der Waals surface area contributed by atoms with Crippen LogP contribution in [-0.4, -0.2) is 27.2 Å². The second-order valence-electron chi connectivity index (χ2n) is 6.39. The Morgan fingerprint density at radius 1 is 0.862 bits per heavy atom. The van der Waals surface area contributed by atoms with Crippen LogP contribution < -0.4 is 5.32 Å². The first kappa shape index (κ1) is 18.8. The maximum atomic E-state index is 12.1. The molecule has 1 aromatic heterocycles. The van der Waals surface area contributed by atoms with Crippen molar-refractivity contribution < 1.29 is 14.3 Å². The van der Waals surface area contributed by atoms with Crippen LogP contribution in [0.2, 0.25) is 0 Å². The predicted octanol–water partition coefficient (Wildman–Crippen LogP) is 4.08. The minimum atomic E-state index is -0.457. The lowest BCUT2D eigenvalue weighted by Gasteiger charge is -2.07. The summed E-state index contributed by atoms with van der Waals surface area (Å²) in [6, 6.07) is 23.0. The van der Waals surface area contributed by atoms with Crippen LogP contribution >= 0.6 is 11.7 Å². The van der Waals surface area contributed by atoms with Gasteiger partial charge >= 0.3 is 5.97 Å². The van der Waals surface area contributed by atoms with Crippen molar-refractivity contribution in [3.63, 3.8) is 0 Å². The van der Waals surface area contributed by atoms with Gasteiger partial charge in [0.05, 0.1) is 23.8 Å². The zero-order valence-corrected chi connectivity index (χ0v) is 16.2. The first-order valence-corrected chi connectivity index (χ1v) is 9.73. The lowest BCUT2D eigenvalue weighted by atomic mass is 10.0. The fraction of sp³-hybridized carbons (Fsp3) is 0.0909. The lowest BCUT2D eigenvalue weighted by molar-refractivity contribution is -0.146. The van der Waals surface area contributed by atoms with Crippen LogP contribution in [0.4, 0.5) is 5.69 Å². The van der Waals surface area contributed by atoms with E-state index in [0.717, 1.165) is 28.4 Å². The summed E-state index contributed by atoms with van der Waals surface area (Å²) in [5, 5.41) is 2.70. The Bertz CT molecular complexity index is 1140.